The van der Waals surface area contributed by atoms with Gasteiger partial charge in [-0.25, -0.2) is 4.99 Å². The lowest BCUT2D eigenvalue weighted by Crippen LogP contribution is -2.32. The molecule has 1 amide bonds. The first-order valence-corrected chi connectivity index (χ1v) is 8.66. The molecular formula is C19H27IN4O2. The maximum Gasteiger partial charge on any atom is 0.291 e. The molecule has 0 spiro atoms. The van der Waals surface area contributed by atoms with Crippen molar-refractivity contribution >= 4 is 41.5 Å². The third-order valence-electron chi connectivity index (χ3n) is 3.70. The van der Waals surface area contributed by atoms with Crippen LogP contribution in [0.2, 0.25) is 0 Å². The van der Waals surface area contributed by atoms with Gasteiger partial charge >= 0.3 is 0 Å². The molecule has 1 aromatic heterocycles. The molecule has 0 unspecified atom stereocenters. The molecule has 0 radical (unpaired) electrons. The summed E-state index contributed by atoms with van der Waals surface area (Å²) in [6.45, 7) is 3.49. The van der Waals surface area contributed by atoms with Crippen molar-refractivity contribution in [3.63, 3.8) is 0 Å². The third-order valence-corrected chi connectivity index (χ3v) is 3.70. The number of furan rings is 1. The second-order valence-electron chi connectivity index (χ2n) is 5.82. The maximum absolute atomic E-state index is 12.0. The standard InChI is InChI=1S/C19H26N4O2.HI/c1-2-3-4-5-11-21-19(20)22-14-15-8-6-9-16(13-15)23-18(24)17-10-7-12-25-17;/h6-10,12-13H,2-5,11,14H2,1H3,(H,23,24)(H3,20,21,22);1H. The van der Waals surface area contributed by atoms with Crippen LogP contribution in [0.25, 0.3) is 0 Å². The lowest BCUT2D eigenvalue weighted by Gasteiger charge is -2.07. The predicted octanol–water partition coefficient (Wildman–Crippen LogP) is 4.13. The summed E-state index contributed by atoms with van der Waals surface area (Å²) in [6, 6.07) is 10.8. The van der Waals surface area contributed by atoms with Gasteiger partial charge in [-0.15, -0.1) is 24.0 Å². The molecule has 142 valence electrons. The smallest absolute Gasteiger partial charge is 0.291 e. The van der Waals surface area contributed by atoms with E-state index < -0.39 is 0 Å². The van der Waals surface area contributed by atoms with Crippen LogP contribution in [0.1, 0.15) is 48.7 Å². The Morgan fingerprint density at radius 3 is 2.77 bits per heavy atom. The number of nitrogens with zero attached hydrogens (tertiary/aromatic N) is 1. The summed E-state index contributed by atoms with van der Waals surface area (Å²) in [5.74, 6) is 0.445. The molecule has 4 N–H and O–H groups in total. The largest absolute Gasteiger partial charge is 0.459 e. The molecule has 0 saturated heterocycles. The van der Waals surface area contributed by atoms with Crippen LogP contribution in [0.5, 0.6) is 0 Å². The van der Waals surface area contributed by atoms with Gasteiger partial charge in [0.1, 0.15) is 0 Å². The Kier molecular flexibility index (Phi) is 10.5. The average molecular weight is 470 g/mol. The lowest BCUT2D eigenvalue weighted by atomic mass is 10.2. The number of anilines is 1. The van der Waals surface area contributed by atoms with Crippen molar-refractivity contribution in [2.75, 3.05) is 11.9 Å². The van der Waals surface area contributed by atoms with Crippen LogP contribution >= 0.6 is 24.0 Å². The number of carbonyl (C=O) groups excluding carboxylic acids is 1. The highest BCUT2D eigenvalue weighted by molar-refractivity contribution is 14.0. The number of rotatable bonds is 9. The maximum atomic E-state index is 12.0. The van der Waals surface area contributed by atoms with E-state index in [0.29, 0.717) is 18.2 Å². The summed E-state index contributed by atoms with van der Waals surface area (Å²) in [5.41, 5.74) is 7.54. The van der Waals surface area contributed by atoms with Crippen LogP contribution < -0.4 is 16.4 Å². The van der Waals surface area contributed by atoms with E-state index in [-0.39, 0.29) is 35.6 Å². The highest BCUT2D eigenvalue weighted by Gasteiger charge is 2.08. The normalized spacial score (nSPS) is 10.9. The van der Waals surface area contributed by atoms with E-state index in [4.69, 9.17) is 10.2 Å². The van der Waals surface area contributed by atoms with Crippen LogP contribution in [-0.4, -0.2) is 18.4 Å². The Morgan fingerprint density at radius 1 is 1.19 bits per heavy atom. The number of guanidine groups is 1. The van der Waals surface area contributed by atoms with E-state index >= 15 is 0 Å². The van der Waals surface area contributed by atoms with Crippen LogP contribution in [-0.2, 0) is 6.54 Å². The Labute approximate surface area is 171 Å². The second kappa shape index (κ2) is 12.3. The zero-order valence-corrected chi connectivity index (χ0v) is 17.4. The van der Waals surface area contributed by atoms with E-state index in [2.05, 4.69) is 22.5 Å². The number of benzene rings is 1. The highest BCUT2D eigenvalue weighted by Crippen LogP contribution is 2.13. The fraction of sp³-hybridized carbons (Fsp3) is 0.368. The molecule has 0 bridgehead atoms. The van der Waals surface area contributed by atoms with Crippen LogP contribution in [0.3, 0.4) is 0 Å². The van der Waals surface area contributed by atoms with Gasteiger partial charge in [-0.2, -0.15) is 0 Å². The number of nitrogens with two attached hydrogens (primary N) is 1. The van der Waals surface area contributed by atoms with Crippen molar-refractivity contribution < 1.29 is 9.21 Å². The Morgan fingerprint density at radius 2 is 2.04 bits per heavy atom. The minimum atomic E-state index is -0.279. The number of amides is 1. The number of nitrogens with one attached hydrogen (secondary N) is 2. The zero-order chi connectivity index (χ0) is 17.9. The number of aliphatic imine (C=N–C) groups is 1. The molecule has 0 atom stereocenters. The Bertz CT molecular complexity index is 687. The number of hydrogen-bond acceptors (Lipinski definition) is 3. The van der Waals surface area contributed by atoms with E-state index in [1.165, 1.54) is 25.5 Å². The first-order chi connectivity index (χ1) is 12.2. The number of hydrogen-bond donors (Lipinski definition) is 3. The van der Waals surface area contributed by atoms with Gasteiger partial charge in [0, 0.05) is 12.2 Å². The number of unbranched alkanes of at least 4 members (excludes halogenated alkanes) is 3. The van der Waals surface area contributed by atoms with Gasteiger partial charge in [-0.1, -0.05) is 38.3 Å². The van der Waals surface area contributed by atoms with Gasteiger partial charge < -0.3 is 20.8 Å². The van der Waals surface area contributed by atoms with Crippen LogP contribution in [0, 0.1) is 0 Å². The fourth-order valence-electron chi connectivity index (χ4n) is 2.35. The summed E-state index contributed by atoms with van der Waals surface area (Å²) < 4.78 is 5.08. The minimum absolute atomic E-state index is 0. The SMILES string of the molecule is CCCCCCNC(N)=NCc1cccc(NC(=O)c2ccco2)c1.I. The van der Waals surface area contributed by atoms with E-state index in [1.54, 1.807) is 12.1 Å². The molecule has 2 rings (SSSR count). The van der Waals surface area contributed by atoms with Gasteiger partial charge in [-0.05, 0) is 36.2 Å². The van der Waals surface area contributed by atoms with E-state index in [0.717, 1.165) is 18.5 Å². The van der Waals surface area contributed by atoms with Gasteiger partial charge in [0.2, 0.25) is 0 Å². The molecule has 1 aromatic carbocycles. The molecule has 0 aliphatic heterocycles. The lowest BCUT2D eigenvalue weighted by molar-refractivity contribution is 0.0996. The van der Waals surface area contributed by atoms with Gasteiger partial charge in [-0.3, -0.25) is 4.79 Å². The molecule has 2 aromatic rings. The topological polar surface area (TPSA) is 92.6 Å². The van der Waals surface area contributed by atoms with Crippen molar-refractivity contribution in [1.82, 2.24) is 5.32 Å². The summed E-state index contributed by atoms with van der Waals surface area (Å²) in [6.07, 6.45) is 6.23. The van der Waals surface area contributed by atoms with Crippen LogP contribution in [0.15, 0.2) is 52.1 Å². The summed E-state index contributed by atoms with van der Waals surface area (Å²) in [4.78, 5) is 16.3. The highest BCUT2D eigenvalue weighted by atomic mass is 127. The summed E-state index contributed by atoms with van der Waals surface area (Å²) in [7, 11) is 0. The minimum Gasteiger partial charge on any atom is -0.459 e. The summed E-state index contributed by atoms with van der Waals surface area (Å²) >= 11 is 0. The zero-order valence-electron chi connectivity index (χ0n) is 15.0. The van der Waals surface area contributed by atoms with Gasteiger partial charge in [0.25, 0.3) is 5.91 Å². The second-order valence-corrected chi connectivity index (χ2v) is 5.82. The van der Waals surface area contributed by atoms with Crippen molar-refractivity contribution in [1.29, 1.82) is 0 Å². The molecule has 1 heterocycles. The van der Waals surface area contributed by atoms with Gasteiger partial charge in [0.05, 0.1) is 12.8 Å². The van der Waals surface area contributed by atoms with Crippen molar-refractivity contribution in [3.05, 3.63) is 54.0 Å². The van der Waals surface area contributed by atoms with Crippen molar-refractivity contribution in [2.45, 2.75) is 39.2 Å². The molecule has 0 fully saturated rings. The molecule has 26 heavy (non-hydrogen) atoms. The summed E-state index contributed by atoms with van der Waals surface area (Å²) in [5, 5.41) is 5.92. The molecule has 0 saturated carbocycles. The molecule has 6 nitrogen and oxygen atoms in total. The van der Waals surface area contributed by atoms with Crippen molar-refractivity contribution in [3.8, 4) is 0 Å². The van der Waals surface area contributed by atoms with E-state index in [1.807, 2.05) is 24.3 Å². The molecule has 0 aliphatic rings. The van der Waals surface area contributed by atoms with Gasteiger partial charge in [0.15, 0.2) is 11.7 Å². The van der Waals surface area contributed by atoms with Crippen molar-refractivity contribution in [2.24, 2.45) is 10.7 Å². The first kappa shape index (κ1) is 22.0. The molecule has 7 heteroatoms. The number of halogens is 1. The molecular weight excluding hydrogens is 443 g/mol. The number of carbonyl (C=O) groups is 1. The Hall–Kier alpha value is -2.03. The monoisotopic (exact) mass is 470 g/mol. The molecule has 0 aliphatic carbocycles. The Balaban J connectivity index is 0.00000338. The quantitative estimate of drug-likeness (QED) is 0.222. The predicted molar refractivity (Wildman–Crippen MR) is 116 cm³/mol. The first-order valence-electron chi connectivity index (χ1n) is 8.66. The fourth-order valence-corrected chi connectivity index (χ4v) is 2.35. The average Bonchev–Trinajstić information content (AvgIpc) is 3.15. The van der Waals surface area contributed by atoms with E-state index in [9.17, 15) is 4.79 Å². The third kappa shape index (κ3) is 7.90. The van der Waals surface area contributed by atoms with Crippen LogP contribution in [0.4, 0.5) is 5.69 Å².